The lowest BCUT2D eigenvalue weighted by molar-refractivity contribution is -0.129. The van der Waals surface area contributed by atoms with E-state index in [0.717, 1.165) is 60.4 Å². The second-order valence-electron chi connectivity index (χ2n) is 9.34. The standard InChI is InChI=1S/C27H34N6O2/c1-5-19(3)30-27(35)21-7-6-18(2)26(12-21)22-14-29-33(17-22)25-13-24(15-28-16-25)31-23-8-10-32(11-9-23)20(4)34/h6-7,12-17,19,23,31H,5,8-11H2,1-4H3,(H,30,35). The lowest BCUT2D eigenvalue weighted by atomic mass is 10.00. The minimum atomic E-state index is -0.0647. The number of pyridine rings is 1. The molecule has 184 valence electrons. The topological polar surface area (TPSA) is 92.2 Å². The number of hydrogen-bond donors (Lipinski definition) is 2. The lowest BCUT2D eigenvalue weighted by Gasteiger charge is -2.32. The van der Waals surface area contributed by atoms with Crippen LogP contribution in [0.5, 0.6) is 0 Å². The van der Waals surface area contributed by atoms with Crippen molar-refractivity contribution >= 4 is 17.5 Å². The summed E-state index contributed by atoms with van der Waals surface area (Å²) < 4.78 is 1.80. The quantitative estimate of drug-likeness (QED) is 0.536. The molecule has 1 atom stereocenters. The summed E-state index contributed by atoms with van der Waals surface area (Å²) in [5, 5.41) is 11.1. The van der Waals surface area contributed by atoms with Crippen LogP contribution >= 0.6 is 0 Å². The largest absolute Gasteiger partial charge is 0.381 e. The van der Waals surface area contributed by atoms with Gasteiger partial charge in [-0.2, -0.15) is 5.10 Å². The summed E-state index contributed by atoms with van der Waals surface area (Å²) in [6.07, 6.45) is 10.1. The van der Waals surface area contributed by atoms with Gasteiger partial charge in [-0.1, -0.05) is 13.0 Å². The predicted octanol–water partition coefficient (Wildman–Crippen LogP) is 4.19. The average Bonchev–Trinajstić information content (AvgIpc) is 3.35. The molecule has 2 N–H and O–H groups in total. The molecule has 1 aromatic carbocycles. The van der Waals surface area contributed by atoms with E-state index in [1.54, 1.807) is 17.8 Å². The molecular formula is C27H34N6O2. The SMILES string of the molecule is CCC(C)NC(=O)c1ccc(C)c(-c2cnn(-c3cncc(NC4CCN(C(C)=O)CC4)c3)c2)c1. The minimum Gasteiger partial charge on any atom is -0.381 e. The maximum Gasteiger partial charge on any atom is 0.251 e. The van der Waals surface area contributed by atoms with Crippen molar-refractivity contribution in [2.24, 2.45) is 0 Å². The number of amides is 2. The first-order chi connectivity index (χ1) is 16.8. The molecule has 8 heteroatoms. The van der Waals surface area contributed by atoms with Crippen molar-refractivity contribution < 1.29 is 9.59 Å². The number of rotatable bonds is 7. The lowest BCUT2D eigenvalue weighted by Crippen LogP contribution is -2.41. The number of carbonyl (C=O) groups is 2. The number of aromatic nitrogens is 3. The Labute approximate surface area is 206 Å². The summed E-state index contributed by atoms with van der Waals surface area (Å²) >= 11 is 0. The molecule has 3 heterocycles. The van der Waals surface area contributed by atoms with Gasteiger partial charge in [0.15, 0.2) is 0 Å². The molecule has 0 saturated carbocycles. The normalized spacial score (nSPS) is 15.0. The number of hydrogen-bond acceptors (Lipinski definition) is 5. The third-order valence-corrected chi connectivity index (χ3v) is 6.68. The zero-order valence-corrected chi connectivity index (χ0v) is 20.9. The van der Waals surface area contributed by atoms with Crippen LogP contribution in [0.15, 0.2) is 49.1 Å². The number of nitrogens with zero attached hydrogens (tertiary/aromatic N) is 4. The molecule has 1 unspecified atom stereocenters. The summed E-state index contributed by atoms with van der Waals surface area (Å²) in [6.45, 7) is 9.26. The van der Waals surface area contributed by atoms with E-state index in [4.69, 9.17) is 0 Å². The third-order valence-electron chi connectivity index (χ3n) is 6.68. The van der Waals surface area contributed by atoms with Crippen molar-refractivity contribution in [3.63, 3.8) is 0 Å². The highest BCUT2D eigenvalue weighted by Gasteiger charge is 2.20. The van der Waals surface area contributed by atoms with E-state index in [9.17, 15) is 9.59 Å². The van der Waals surface area contributed by atoms with Gasteiger partial charge in [-0.3, -0.25) is 14.6 Å². The van der Waals surface area contributed by atoms with Crippen molar-refractivity contribution in [3.05, 3.63) is 60.2 Å². The fourth-order valence-corrected chi connectivity index (χ4v) is 4.29. The Morgan fingerprint density at radius 3 is 2.63 bits per heavy atom. The monoisotopic (exact) mass is 474 g/mol. The number of carbonyl (C=O) groups excluding carboxylic acids is 2. The van der Waals surface area contributed by atoms with Crippen LogP contribution in [-0.2, 0) is 4.79 Å². The maximum absolute atomic E-state index is 12.6. The molecule has 0 radical (unpaired) electrons. The van der Waals surface area contributed by atoms with Crippen molar-refractivity contribution in [2.45, 2.75) is 59.0 Å². The number of benzene rings is 1. The highest BCUT2D eigenvalue weighted by Crippen LogP contribution is 2.26. The van der Waals surface area contributed by atoms with Crippen LogP contribution in [0.2, 0.25) is 0 Å². The van der Waals surface area contributed by atoms with Gasteiger partial charge in [-0.15, -0.1) is 0 Å². The van der Waals surface area contributed by atoms with Crippen molar-refractivity contribution in [1.82, 2.24) is 25.0 Å². The molecular weight excluding hydrogens is 440 g/mol. The predicted molar refractivity (Wildman–Crippen MR) is 138 cm³/mol. The first-order valence-electron chi connectivity index (χ1n) is 12.3. The summed E-state index contributed by atoms with van der Waals surface area (Å²) in [4.78, 5) is 30.5. The molecule has 0 aliphatic carbocycles. The zero-order valence-electron chi connectivity index (χ0n) is 20.9. The highest BCUT2D eigenvalue weighted by atomic mass is 16.2. The van der Waals surface area contributed by atoms with Crippen molar-refractivity contribution in [1.29, 1.82) is 0 Å². The Bertz CT molecular complexity index is 1200. The maximum atomic E-state index is 12.6. The van der Waals surface area contributed by atoms with E-state index < -0.39 is 0 Å². The molecule has 1 aliphatic rings. The Kier molecular flexibility index (Phi) is 7.48. The van der Waals surface area contributed by atoms with Gasteiger partial charge in [0, 0.05) is 49.4 Å². The van der Waals surface area contributed by atoms with Crippen molar-refractivity contribution in [3.8, 4) is 16.8 Å². The fourth-order valence-electron chi connectivity index (χ4n) is 4.29. The number of nitrogens with one attached hydrogen (secondary N) is 2. The Morgan fingerprint density at radius 2 is 1.91 bits per heavy atom. The van der Waals surface area contributed by atoms with Crippen molar-refractivity contribution in [2.75, 3.05) is 18.4 Å². The van der Waals surface area contributed by atoms with E-state index >= 15 is 0 Å². The van der Waals surface area contributed by atoms with Crippen LogP contribution in [0.4, 0.5) is 5.69 Å². The van der Waals surface area contributed by atoms with E-state index in [0.29, 0.717) is 11.6 Å². The van der Waals surface area contributed by atoms with E-state index in [-0.39, 0.29) is 17.9 Å². The molecule has 1 aliphatic heterocycles. The molecule has 2 amide bonds. The molecule has 0 spiro atoms. The van der Waals surface area contributed by atoms with Gasteiger partial charge in [0.2, 0.25) is 5.91 Å². The summed E-state index contributed by atoms with van der Waals surface area (Å²) in [5.74, 6) is 0.0728. The number of aryl methyl sites for hydroxylation is 1. The molecule has 3 aromatic rings. The van der Waals surface area contributed by atoms with Crippen LogP contribution in [-0.4, -0.2) is 56.7 Å². The number of likely N-dealkylation sites (tertiary alicyclic amines) is 1. The molecule has 1 fully saturated rings. The Morgan fingerprint density at radius 1 is 1.14 bits per heavy atom. The Balaban J connectivity index is 1.49. The molecule has 0 bridgehead atoms. The second kappa shape index (κ2) is 10.7. The van der Waals surface area contributed by atoms with Crippen LogP contribution in [0.1, 0.15) is 56.0 Å². The highest BCUT2D eigenvalue weighted by molar-refractivity contribution is 5.96. The van der Waals surface area contributed by atoms with Gasteiger partial charge in [0.1, 0.15) is 0 Å². The van der Waals surface area contributed by atoms with Crippen LogP contribution in [0.25, 0.3) is 16.8 Å². The Hall–Kier alpha value is -3.68. The van der Waals surface area contributed by atoms with Crippen LogP contribution in [0.3, 0.4) is 0 Å². The third kappa shape index (κ3) is 5.88. The van der Waals surface area contributed by atoms with Gasteiger partial charge in [0.25, 0.3) is 5.91 Å². The van der Waals surface area contributed by atoms with E-state index in [1.165, 1.54) is 0 Å². The molecule has 35 heavy (non-hydrogen) atoms. The summed E-state index contributed by atoms with van der Waals surface area (Å²) in [7, 11) is 0. The average molecular weight is 475 g/mol. The summed E-state index contributed by atoms with van der Waals surface area (Å²) in [6, 6.07) is 8.23. The molecule has 2 aromatic heterocycles. The van der Waals surface area contributed by atoms with Gasteiger partial charge >= 0.3 is 0 Å². The van der Waals surface area contributed by atoms with Gasteiger partial charge in [0.05, 0.1) is 30.0 Å². The molecule has 1 saturated heterocycles. The van der Waals surface area contributed by atoms with Gasteiger partial charge < -0.3 is 15.5 Å². The smallest absolute Gasteiger partial charge is 0.251 e. The number of anilines is 1. The summed E-state index contributed by atoms with van der Waals surface area (Å²) in [5.41, 5.74) is 5.42. The van der Waals surface area contributed by atoms with Gasteiger partial charge in [-0.05, 0) is 62.4 Å². The first-order valence-corrected chi connectivity index (χ1v) is 12.3. The van der Waals surface area contributed by atoms with E-state index in [2.05, 4.69) is 27.6 Å². The molecule has 4 rings (SSSR count). The van der Waals surface area contributed by atoms with E-state index in [1.807, 2.05) is 61.6 Å². The first kappa shape index (κ1) is 24.4. The second-order valence-corrected chi connectivity index (χ2v) is 9.34. The zero-order chi connectivity index (χ0) is 24.9. The van der Waals surface area contributed by atoms with Gasteiger partial charge in [-0.25, -0.2) is 4.68 Å². The van der Waals surface area contributed by atoms with Crippen LogP contribution in [0, 0.1) is 6.92 Å². The fraction of sp³-hybridized carbons (Fsp3) is 0.407. The molecule has 8 nitrogen and oxygen atoms in total. The van der Waals surface area contributed by atoms with Crippen LogP contribution < -0.4 is 10.6 Å². The minimum absolute atomic E-state index is 0.0647. The number of piperidine rings is 1.